The van der Waals surface area contributed by atoms with Gasteiger partial charge in [-0.1, -0.05) is 23.2 Å². The van der Waals surface area contributed by atoms with E-state index in [0.717, 1.165) is 0 Å². The lowest BCUT2D eigenvalue weighted by atomic mass is 10.0. The van der Waals surface area contributed by atoms with E-state index in [0.29, 0.717) is 15.8 Å². The second-order valence-electron chi connectivity index (χ2n) is 4.48. The zero-order valence-corrected chi connectivity index (χ0v) is 13.0. The van der Waals surface area contributed by atoms with Crippen LogP contribution in [0, 0.1) is 0 Å². The fourth-order valence-electron chi connectivity index (χ4n) is 1.50. The van der Waals surface area contributed by atoms with Gasteiger partial charge in [0.15, 0.2) is 12.1 Å². The van der Waals surface area contributed by atoms with Crippen molar-refractivity contribution in [1.29, 1.82) is 0 Å². The third-order valence-electron chi connectivity index (χ3n) is 2.58. The van der Waals surface area contributed by atoms with Crippen molar-refractivity contribution < 1.29 is 24.2 Å². The van der Waals surface area contributed by atoms with Gasteiger partial charge in [0.2, 0.25) is 0 Å². The maximum absolute atomic E-state index is 11.7. The van der Waals surface area contributed by atoms with E-state index in [2.05, 4.69) is 5.32 Å². The number of methoxy groups -OCH3 is 1. The molecule has 0 aliphatic heterocycles. The predicted octanol–water partition coefficient (Wildman–Crippen LogP) is 1.98. The molecule has 0 saturated heterocycles. The summed E-state index contributed by atoms with van der Waals surface area (Å²) in [7, 11) is 1.35. The minimum absolute atomic E-state index is 0.166. The highest BCUT2D eigenvalue weighted by molar-refractivity contribution is 6.42. The van der Waals surface area contributed by atoms with Crippen LogP contribution in [-0.4, -0.2) is 42.8 Å². The molecule has 1 atom stereocenters. The van der Waals surface area contributed by atoms with Gasteiger partial charge in [0.25, 0.3) is 5.91 Å². The number of nitrogens with one attached hydrogen (secondary N) is 1. The smallest absolute Gasteiger partial charge is 0.331 e. The van der Waals surface area contributed by atoms with Crippen molar-refractivity contribution in [1.82, 2.24) is 5.32 Å². The van der Waals surface area contributed by atoms with Crippen molar-refractivity contribution >= 4 is 35.1 Å². The molecule has 1 aromatic carbocycles. The van der Waals surface area contributed by atoms with E-state index < -0.39 is 17.4 Å². The zero-order chi connectivity index (χ0) is 16.0. The second kappa shape index (κ2) is 7.49. The molecule has 1 aromatic rings. The molecule has 0 heterocycles. The third-order valence-corrected chi connectivity index (χ3v) is 3.32. The fourth-order valence-corrected chi connectivity index (χ4v) is 1.79. The van der Waals surface area contributed by atoms with Crippen molar-refractivity contribution in [2.24, 2.45) is 0 Å². The van der Waals surface area contributed by atoms with Crippen molar-refractivity contribution in [3.05, 3.63) is 28.2 Å². The van der Waals surface area contributed by atoms with Crippen LogP contribution < -0.4 is 10.1 Å². The topological polar surface area (TPSA) is 84.9 Å². The van der Waals surface area contributed by atoms with Crippen LogP contribution in [0.1, 0.15) is 6.92 Å². The number of ether oxygens (including phenoxy) is 2. The van der Waals surface area contributed by atoms with Gasteiger partial charge in [0, 0.05) is 13.2 Å². The number of carbonyl (C=O) groups excluding carboxylic acids is 1. The van der Waals surface area contributed by atoms with Gasteiger partial charge in [-0.25, -0.2) is 4.79 Å². The Labute approximate surface area is 131 Å². The largest absolute Gasteiger partial charge is 0.484 e. The Bertz CT molecular complexity index is 537. The molecule has 0 radical (unpaired) electrons. The van der Waals surface area contributed by atoms with E-state index >= 15 is 0 Å². The Morgan fingerprint density at radius 2 is 2.00 bits per heavy atom. The summed E-state index contributed by atoms with van der Waals surface area (Å²) < 4.78 is 10.0. The number of rotatable bonds is 7. The van der Waals surface area contributed by atoms with Gasteiger partial charge in [-0.15, -0.1) is 0 Å². The van der Waals surface area contributed by atoms with E-state index in [4.69, 9.17) is 37.8 Å². The van der Waals surface area contributed by atoms with Crippen molar-refractivity contribution in [3.8, 4) is 5.75 Å². The summed E-state index contributed by atoms with van der Waals surface area (Å²) in [6, 6.07) is 4.54. The number of benzene rings is 1. The lowest BCUT2D eigenvalue weighted by Crippen LogP contribution is -2.56. The van der Waals surface area contributed by atoms with Gasteiger partial charge in [-0.3, -0.25) is 4.79 Å². The highest BCUT2D eigenvalue weighted by Crippen LogP contribution is 2.26. The SMILES string of the molecule is COCC(C)(NC(=O)COc1ccc(Cl)c(Cl)c1)C(=O)O. The quantitative estimate of drug-likeness (QED) is 0.795. The summed E-state index contributed by atoms with van der Waals surface area (Å²) >= 11 is 11.6. The van der Waals surface area contributed by atoms with Crippen molar-refractivity contribution in [2.45, 2.75) is 12.5 Å². The maximum Gasteiger partial charge on any atom is 0.331 e. The molecule has 8 heteroatoms. The number of carbonyl (C=O) groups is 2. The van der Waals surface area contributed by atoms with Gasteiger partial charge in [0.05, 0.1) is 16.7 Å². The number of amides is 1. The first-order valence-corrected chi connectivity index (χ1v) is 6.65. The second-order valence-corrected chi connectivity index (χ2v) is 5.30. The van der Waals surface area contributed by atoms with Crippen molar-refractivity contribution in [3.63, 3.8) is 0 Å². The van der Waals surface area contributed by atoms with Crippen LogP contribution >= 0.6 is 23.2 Å². The van der Waals surface area contributed by atoms with Gasteiger partial charge in [-0.2, -0.15) is 0 Å². The highest BCUT2D eigenvalue weighted by atomic mass is 35.5. The van der Waals surface area contributed by atoms with E-state index in [9.17, 15) is 9.59 Å². The van der Waals surface area contributed by atoms with Crippen LogP contribution in [-0.2, 0) is 14.3 Å². The lowest BCUT2D eigenvalue weighted by Gasteiger charge is -2.25. The number of carboxylic acid groups (broad SMARTS) is 1. The van der Waals surface area contributed by atoms with Crippen LogP contribution in [0.5, 0.6) is 5.75 Å². The molecule has 0 bridgehead atoms. The van der Waals surface area contributed by atoms with Gasteiger partial charge >= 0.3 is 5.97 Å². The predicted molar refractivity (Wildman–Crippen MR) is 78.0 cm³/mol. The highest BCUT2D eigenvalue weighted by Gasteiger charge is 2.35. The van der Waals surface area contributed by atoms with Gasteiger partial charge in [-0.05, 0) is 19.1 Å². The molecule has 1 unspecified atom stereocenters. The number of carboxylic acids is 1. The van der Waals surface area contributed by atoms with Crippen LogP contribution in [0.15, 0.2) is 18.2 Å². The standard InChI is InChI=1S/C13H15Cl2NO5/c1-13(7-20-2,12(18)19)16-11(17)6-21-8-3-4-9(14)10(15)5-8/h3-5H,6-7H2,1-2H3,(H,16,17)(H,18,19). The Balaban J connectivity index is 2.60. The third kappa shape index (κ3) is 5.08. The number of hydrogen-bond acceptors (Lipinski definition) is 4. The molecule has 0 aliphatic rings. The summed E-state index contributed by atoms with van der Waals surface area (Å²) in [5.41, 5.74) is -1.52. The monoisotopic (exact) mass is 335 g/mol. The van der Waals surface area contributed by atoms with Gasteiger partial charge < -0.3 is 19.9 Å². The van der Waals surface area contributed by atoms with Crippen LogP contribution in [0.3, 0.4) is 0 Å². The van der Waals surface area contributed by atoms with Crippen LogP contribution in [0.2, 0.25) is 10.0 Å². The average Bonchev–Trinajstić information content (AvgIpc) is 2.40. The minimum atomic E-state index is -1.52. The first-order chi connectivity index (χ1) is 9.78. The number of hydrogen-bond donors (Lipinski definition) is 2. The fraction of sp³-hybridized carbons (Fsp3) is 0.385. The van der Waals surface area contributed by atoms with Crippen LogP contribution in [0.4, 0.5) is 0 Å². The summed E-state index contributed by atoms with van der Waals surface area (Å²) in [6.45, 7) is 0.821. The first-order valence-electron chi connectivity index (χ1n) is 5.89. The summed E-state index contributed by atoms with van der Waals surface area (Å²) in [4.78, 5) is 22.9. The van der Waals surface area contributed by atoms with E-state index in [-0.39, 0.29) is 13.2 Å². The summed E-state index contributed by atoms with van der Waals surface area (Å²) in [6.07, 6.45) is 0. The maximum atomic E-state index is 11.7. The Hall–Kier alpha value is -1.50. The Kier molecular flexibility index (Phi) is 6.26. The number of halogens is 2. The van der Waals surface area contributed by atoms with Crippen LogP contribution in [0.25, 0.3) is 0 Å². The minimum Gasteiger partial charge on any atom is -0.484 e. The normalized spacial score (nSPS) is 13.3. The molecule has 116 valence electrons. The molecule has 1 amide bonds. The molecule has 0 saturated carbocycles. The lowest BCUT2D eigenvalue weighted by molar-refractivity contribution is -0.149. The molecule has 0 spiro atoms. The molecule has 0 fully saturated rings. The van der Waals surface area contributed by atoms with E-state index in [1.807, 2.05) is 0 Å². The average molecular weight is 336 g/mol. The van der Waals surface area contributed by atoms with E-state index in [1.54, 1.807) is 6.07 Å². The molecule has 1 rings (SSSR count). The molecule has 6 nitrogen and oxygen atoms in total. The molecule has 0 aliphatic carbocycles. The summed E-state index contributed by atoms with van der Waals surface area (Å²) in [5.74, 6) is -1.45. The first kappa shape index (κ1) is 17.6. The molecule has 2 N–H and O–H groups in total. The number of aliphatic carboxylic acids is 1. The summed E-state index contributed by atoms with van der Waals surface area (Å²) in [5, 5.41) is 12.1. The molecule has 21 heavy (non-hydrogen) atoms. The Morgan fingerprint density at radius 1 is 1.33 bits per heavy atom. The molecular weight excluding hydrogens is 321 g/mol. The van der Waals surface area contributed by atoms with Gasteiger partial charge in [0.1, 0.15) is 5.75 Å². The van der Waals surface area contributed by atoms with Crippen molar-refractivity contribution in [2.75, 3.05) is 20.3 Å². The molecule has 0 aromatic heterocycles. The zero-order valence-electron chi connectivity index (χ0n) is 11.5. The molecular formula is C13H15Cl2NO5. The Morgan fingerprint density at radius 3 is 2.52 bits per heavy atom. The van der Waals surface area contributed by atoms with E-state index in [1.165, 1.54) is 26.2 Å².